The molecule has 4 unspecified atom stereocenters. The van der Waals surface area contributed by atoms with E-state index < -0.39 is 0 Å². The second-order valence-electron chi connectivity index (χ2n) is 6.14. The molecule has 0 saturated heterocycles. The number of hydrogen-bond acceptors (Lipinski definition) is 4. The summed E-state index contributed by atoms with van der Waals surface area (Å²) in [7, 11) is 1.96. The summed E-state index contributed by atoms with van der Waals surface area (Å²) in [5.41, 5.74) is 0. The highest BCUT2D eigenvalue weighted by atomic mass is 16.5. The molecule has 2 aliphatic carbocycles. The summed E-state index contributed by atoms with van der Waals surface area (Å²) in [6, 6.07) is 0.401. The number of fused-ring (bicyclic) bond motifs is 2. The summed E-state index contributed by atoms with van der Waals surface area (Å²) >= 11 is 0. The Morgan fingerprint density at radius 3 is 2.94 bits per heavy atom. The first-order valence-corrected chi connectivity index (χ1v) is 7.23. The van der Waals surface area contributed by atoms with E-state index in [1.165, 1.54) is 25.7 Å². The van der Waals surface area contributed by atoms with Gasteiger partial charge < -0.3 is 9.84 Å². The molecule has 0 radical (unpaired) electrons. The van der Waals surface area contributed by atoms with Crippen LogP contribution in [-0.2, 0) is 12.8 Å². The molecule has 3 rings (SSSR count). The van der Waals surface area contributed by atoms with E-state index in [9.17, 15) is 0 Å². The molecule has 1 aromatic rings. The standard InChI is InChI=1S/C14H23N3O/c1-9(15-2)5-13-16-14(18-17-13)8-12-7-10-3-4-11(12)6-10/h9-12,15H,3-8H2,1-2H3. The summed E-state index contributed by atoms with van der Waals surface area (Å²) in [6.45, 7) is 2.13. The quantitative estimate of drug-likeness (QED) is 0.869. The smallest absolute Gasteiger partial charge is 0.226 e. The molecule has 18 heavy (non-hydrogen) atoms. The molecule has 1 heterocycles. The van der Waals surface area contributed by atoms with E-state index in [0.717, 1.165) is 42.3 Å². The molecule has 2 saturated carbocycles. The third-order valence-electron chi connectivity index (χ3n) is 4.81. The summed E-state index contributed by atoms with van der Waals surface area (Å²) in [5, 5.41) is 7.28. The van der Waals surface area contributed by atoms with Crippen molar-refractivity contribution in [3.05, 3.63) is 11.7 Å². The minimum atomic E-state index is 0.401. The largest absolute Gasteiger partial charge is 0.339 e. The number of aromatic nitrogens is 2. The van der Waals surface area contributed by atoms with Crippen molar-refractivity contribution in [1.82, 2.24) is 15.5 Å². The highest BCUT2D eigenvalue weighted by Crippen LogP contribution is 2.49. The van der Waals surface area contributed by atoms with Crippen molar-refractivity contribution >= 4 is 0 Å². The van der Waals surface area contributed by atoms with Gasteiger partial charge in [0.1, 0.15) is 0 Å². The summed E-state index contributed by atoms with van der Waals surface area (Å²) in [6.07, 6.45) is 7.56. The summed E-state index contributed by atoms with van der Waals surface area (Å²) in [4.78, 5) is 4.53. The van der Waals surface area contributed by atoms with Crippen molar-refractivity contribution in [3.63, 3.8) is 0 Å². The first-order chi connectivity index (χ1) is 8.74. The minimum Gasteiger partial charge on any atom is -0.339 e. The van der Waals surface area contributed by atoms with Crippen LogP contribution < -0.4 is 5.32 Å². The average molecular weight is 249 g/mol. The molecule has 100 valence electrons. The lowest BCUT2D eigenvalue weighted by Crippen LogP contribution is -2.24. The molecule has 2 fully saturated rings. The van der Waals surface area contributed by atoms with Gasteiger partial charge in [-0.3, -0.25) is 0 Å². The lowest BCUT2D eigenvalue weighted by Gasteiger charge is -2.19. The summed E-state index contributed by atoms with van der Waals surface area (Å²) < 4.78 is 5.39. The van der Waals surface area contributed by atoms with Crippen LogP contribution in [0.25, 0.3) is 0 Å². The van der Waals surface area contributed by atoms with E-state index in [4.69, 9.17) is 4.52 Å². The van der Waals surface area contributed by atoms with E-state index in [0.29, 0.717) is 6.04 Å². The molecule has 0 aromatic carbocycles. The van der Waals surface area contributed by atoms with E-state index >= 15 is 0 Å². The molecule has 2 bridgehead atoms. The SMILES string of the molecule is CNC(C)Cc1noc(CC2CC3CCC2C3)n1. The van der Waals surface area contributed by atoms with Gasteiger partial charge in [-0.15, -0.1) is 0 Å². The fraction of sp³-hybridized carbons (Fsp3) is 0.857. The van der Waals surface area contributed by atoms with E-state index in [-0.39, 0.29) is 0 Å². The van der Waals surface area contributed by atoms with Crippen LogP contribution in [-0.4, -0.2) is 23.2 Å². The zero-order valence-electron chi connectivity index (χ0n) is 11.4. The lowest BCUT2D eigenvalue weighted by atomic mass is 9.86. The van der Waals surface area contributed by atoms with Crippen LogP contribution in [0.15, 0.2) is 4.52 Å². The normalized spacial score (nSPS) is 32.0. The maximum absolute atomic E-state index is 5.39. The van der Waals surface area contributed by atoms with Crippen LogP contribution in [0.2, 0.25) is 0 Å². The van der Waals surface area contributed by atoms with Crippen LogP contribution in [0.1, 0.15) is 44.3 Å². The fourth-order valence-corrected chi connectivity index (χ4v) is 3.68. The van der Waals surface area contributed by atoms with Gasteiger partial charge in [-0.05, 0) is 51.0 Å². The third kappa shape index (κ3) is 2.44. The Hall–Kier alpha value is -0.900. The Morgan fingerprint density at radius 1 is 1.39 bits per heavy atom. The second-order valence-corrected chi connectivity index (χ2v) is 6.14. The molecule has 1 aromatic heterocycles. The van der Waals surface area contributed by atoms with Crippen LogP contribution in [0, 0.1) is 17.8 Å². The summed E-state index contributed by atoms with van der Waals surface area (Å²) in [5.74, 6) is 4.42. The molecule has 2 aliphatic rings. The van der Waals surface area contributed by atoms with Crippen LogP contribution in [0.3, 0.4) is 0 Å². The third-order valence-corrected chi connectivity index (χ3v) is 4.81. The maximum Gasteiger partial charge on any atom is 0.226 e. The molecule has 4 heteroatoms. The van der Waals surface area contributed by atoms with Gasteiger partial charge in [0.15, 0.2) is 5.82 Å². The molecule has 4 atom stereocenters. The van der Waals surface area contributed by atoms with Crippen molar-refractivity contribution in [2.75, 3.05) is 7.05 Å². The molecule has 0 amide bonds. The zero-order valence-corrected chi connectivity index (χ0v) is 11.4. The van der Waals surface area contributed by atoms with Crippen molar-refractivity contribution in [2.24, 2.45) is 17.8 Å². The molecule has 0 aliphatic heterocycles. The zero-order chi connectivity index (χ0) is 12.5. The van der Waals surface area contributed by atoms with Gasteiger partial charge in [0, 0.05) is 18.9 Å². The molecule has 0 spiro atoms. The average Bonchev–Trinajstić information content (AvgIpc) is 3.06. The monoisotopic (exact) mass is 249 g/mol. The molecule has 4 nitrogen and oxygen atoms in total. The van der Waals surface area contributed by atoms with Gasteiger partial charge in [-0.1, -0.05) is 11.6 Å². The van der Waals surface area contributed by atoms with Crippen LogP contribution in [0.5, 0.6) is 0 Å². The van der Waals surface area contributed by atoms with Gasteiger partial charge in [-0.25, -0.2) is 0 Å². The number of hydrogen-bond donors (Lipinski definition) is 1. The minimum absolute atomic E-state index is 0.401. The topological polar surface area (TPSA) is 51.0 Å². The van der Waals surface area contributed by atoms with Crippen molar-refractivity contribution in [2.45, 2.75) is 51.5 Å². The first-order valence-electron chi connectivity index (χ1n) is 7.23. The van der Waals surface area contributed by atoms with Gasteiger partial charge >= 0.3 is 0 Å². The van der Waals surface area contributed by atoms with Gasteiger partial charge in [-0.2, -0.15) is 4.98 Å². The Bertz CT molecular complexity index is 403. The highest BCUT2D eigenvalue weighted by molar-refractivity contribution is 4.96. The number of nitrogens with one attached hydrogen (secondary N) is 1. The van der Waals surface area contributed by atoms with Crippen molar-refractivity contribution in [1.29, 1.82) is 0 Å². The molecular formula is C14H23N3O. The predicted molar refractivity (Wildman–Crippen MR) is 69.2 cm³/mol. The van der Waals surface area contributed by atoms with E-state index in [2.05, 4.69) is 22.4 Å². The number of likely N-dealkylation sites (N-methyl/N-ethyl adjacent to an activating group) is 1. The second kappa shape index (κ2) is 5.00. The van der Waals surface area contributed by atoms with Gasteiger partial charge in [0.2, 0.25) is 5.89 Å². The Morgan fingerprint density at radius 2 is 2.28 bits per heavy atom. The van der Waals surface area contributed by atoms with Gasteiger partial charge in [0.25, 0.3) is 0 Å². The predicted octanol–water partition coefficient (Wildman–Crippen LogP) is 2.20. The number of rotatable bonds is 5. The molecule has 1 N–H and O–H groups in total. The molecular weight excluding hydrogens is 226 g/mol. The Labute approximate surface area is 109 Å². The van der Waals surface area contributed by atoms with E-state index in [1.54, 1.807) is 0 Å². The van der Waals surface area contributed by atoms with E-state index in [1.807, 2.05) is 7.05 Å². The fourth-order valence-electron chi connectivity index (χ4n) is 3.68. The van der Waals surface area contributed by atoms with Crippen molar-refractivity contribution in [3.8, 4) is 0 Å². The highest BCUT2D eigenvalue weighted by Gasteiger charge is 2.40. The van der Waals surface area contributed by atoms with Crippen molar-refractivity contribution < 1.29 is 4.52 Å². The van der Waals surface area contributed by atoms with Crippen LogP contribution in [0.4, 0.5) is 0 Å². The van der Waals surface area contributed by atoms with Crippen LogP contribution >= 0.6 is 0 Å². The number of nitrogens with zero attached hydrogens (tertiary/aromatic N) is 2. The Kier molecular flexibility index (Phi) is 3.37. The first kappa shape index (κ1) is 12.2. The van der Waals surface area contributed by atoms with Gasteiger partial charge in [0.05, 0.1) is 0 Å². The maximum atomic E-state index is 5.39. The Balaban J connectivity index is 1.57. The lowest BCUT2D eigenvalue weighted by molar-refractivity contribution is 0.287.